The summed E-state index contributed by atoms with van der Waals surface area (Å²) in [5, 5.41) is 4.98. The average Bonchev–Trinajstić information content (AvgIpc) is 3.26. The van der Waals surface area contributed by atoms with Crippen molar-refractivity contribution < 1.29 is 24.5 Å². The number of halogens is 1. The second kappa shape index (κ2) is 6.81. The molecule has 2 fully saturated rings. The fourth-order valence-electron chi connectivity index (χ4n) is 5.17. The van der Waals surface area contributed by atoms with Crippen molar-refractivity contribution in [2.24, 2.45) is 17.6 Å². The van der Waals surface area contributed by atoms with Crippen LogP contribution in [0.15, 0.2) is 18.2 Å². The van der Waals surface area contributed by atoms with Gasteiger partial charge in [-0.1, -0.05) is 24.6 Å². The molecule has 0 saturated carbocycles. The van der Waals surface area contributed by atoms with E-state index in [0.29, 0.717) is 29.1 Å². The molecule has 5 N–H and O–H groups in total. The second-order valence-electron chi connectivity index (χ2n) is 8.13. The van der Waals surface area contributed by atoms with Crippen LogP contribution < -0.4 is 16.4 Å². The van der Waals surface area contributed by atoms with Crippen LogP contribution in [-0.2, 0) is 24.7 Å². The van der Waals surface area contributed by atoms with E-state index in [1.54, 1.807) is 23.5 Å². The van der Waals surface area contributed by atoms with Crippen molar-refractivity contribution in [2.75, 3.05) is 5.32 Å². The summed E-state index contributed by atoms with van der Waals surface area (Å²) in [7, 11) is 0. The number of likely N-dealkylation sites (tertiary alicyclic amines) is 1. The second-order valence-corrected chi connectivity index (χ2v) is 8.54. The third-order valence-electron chi connectivity index (χ3n) is 6.64. The van der Waals surface area contributed by atoms with Gasteiger partial charge in [0.1, 0.15) is 17.9 Å². The standard InChI is InChI=1S/C20H23ClN4O4/c1-3-9(2)25-17(27)14-12(7-8-13(22)26)24-20(15(14)18(25)28)10-5-4-6-11(21)16(10)23-19(20)29/h4-6,9,12,14-15,24H,3,7-8H2,1-2H3,(H2,22,26)(H,23,29)/p+1/t9-,12-,14-,15+,20-/m1/s1. The molecule has 9 heteroatoms. The van der Waals surface area contributed by atoms with Crippen molar-refractivity contribution in [1.82, 2.24) is 4.90 Å². The lowest BCUT2D eigenvalue weighted by Crippen LogP contribution is -2.99. The summed E-state index contributed by atoms with van der Waals surface area (Å²) in [5.74, 6) is -2.99. The maximum absolute atomic E-state index is 13.5. The van der Waals surface area contributed by atoms with E-state index < -0.39 is 29.3 Å². The van der Waals surface area contributed by atoms with E-state index in [2.05, 4.69) is 5.32 Å². The number of carbonyl (C=O) groups excluding carboxylic acids is 4. The predicted octanol–water partition coefficient (Wildman–Crippen LogP) is 0.0982. The van der Waals surface area contributed by atoms with E-state index in [4.69, 9.17) is 17.3 Å². The number of hydrogen-bond donors (Lipinski definition) is 3. The summed E-state index contributed by atoms with van der Waals surface area (Å²) in [6, 6.07) is 4.50. The lowest BCUT2D eigenvalue weighted by molar-refractivity contribution is -0.734. The lowest BCUT2D eigenvalue weighted by atomic mass is 9.76. The molecule has 2 saturated heterocycles. The molecule has 3 aliphatic heterocycles. The first-order valence-electron chi connectivity index (χ1n) is 9.85. The van der Waals surface area contributed by atoms with Gasteiger partial charge < -0.3 is 16.4 Å². The number of imide groups is 1. The van der Waals surface area contributed by atoms with Crippen molar-refractivity contribution in [3.05, 3.63) is 28.8 Å². The van der Waals surface area contributed by atoms with Gasteiger partial charge in [-0.05, 0) is 25.5 Å². The molecule has 1 aromatic rings. The number of fused-ring (bicyclic) bond motifs is 4. The topological polar surface area (TPSA) is 126 Å². The zero-order valence-electron chi connectivity index (χ0n) is 16.3. The number of amides is 4. The Morgan fingerprint density at radius 3 is 2.72 bits per heavy atom. The number of benzene rings is 1. The molecule has 0 aliphatic carbocycles. The molecule has 1 aromatic carbocycles. The minimum Gasteiger partial charge on any atom is -0.370 e. The Morgan fingerprint density at radius 2 is 2.07 bits per heavy atom. The van der Waals surface area contributed by atoms with Gasteiger partial charge in [-0.3, -0.25) is 24.1 Å². The highest BCUT2D eigenvalue weighted by atomic mass is 35.5. The largest absolute Gasteiger partial charge is 0.370 e. The summed E-state index contributed by atoms with van der Waals surface area (Å²) in [4.78, 5) is 52.7. The molecule has 5 atom stereocenters. The number of anilines is 1. The molecule has 29 heavy (non-hydrogen) atoms. The van der Waals surface area contributed by atoms with Crippen LogP contribution in [0.3, 0.4) is 0 Å². The number of para-hydroxylation sites is 1. The molecule has 0 aromatic heterocycles. The number of nitrogens with one attached hydrogen (secondary N) is 1. The Morgan fingerprint density at radius 1 is 1.34 bits per heavy atom. The van der Waals surface area contributed by atoms with Gasteiger partial charge in [-0.2, -0.15) is 0 Å². The normalized spacial score (nSPS) is 31.2. The number of primary amides is 1. The third-order valence-corrected chi connectivity index (χ3v) is 6.96. The van der Waals surface area contributed by atoms with Gasteiger partial charge in [0, 0.05) is 24.4 Å². The Bertz CT molecular complexity index is 935. The Labute approximate surface area is 173 Å². The molecule has 3 aliphatic rings. The number of nitrogens with two attached hydrogens (primary N) is 2. The highest BCUT2D eigenvalue weighted by molar-refractivity contribution is 6.35. The maximum atomic E-state index is 13.5. The number of rotatable bonds is 5. The van der Waals surface area contributed by atoms with E-state index >= 15 is 0 Å². The van der Waals surface area contributed by atoms with Crippen LogP contribution in [-0.4, -0.2) is 40.6 Å². The van der Waals surface area contributed by atoms with Gasteiger partial charge in [-0.15, -0.1) is 0 Å². The SMILES string of the molecule is CC[C@@H](C)N1C(=O)[C@H]2[C@@H](C1=O)[C@@]1([NH2+][C@@H]2CCC(N)=O)C(=O)Nc2c(Cl)cccc21. The van der Waals surface area contributed by atoms with Gasteiger partial charge in [0.2, 0.25) is 23.3 Å². The maximum Gasteiger partial charge on any atom is 0.291 e. The molecule has 0 unspecified atom stereocenters. The summed E-state index contributed by atoms with van der Waals surface area (Å²) >= 11 is 6.29. The van der Waals surface area contributed by atoms with Crippen LogP contribution in [0.2, 0.25) is 5.02 Å². The highest BCUT2D eigenvalue weighted by Gasteiger charge is 2.74. The molecule has 0 bridgehead atoms. The molecular formula is C20H24ClN4O4+. The third kappa shape index (κ3) is 2.62. The number of quaternary nitrogens is 1. The van der Waals surface area contributed by atoms with E-state index in [1.165, 1.54) is 4.90 Å². The van der Waals surface area contributed by atoms with Crippen molar-refractivity contribution in [1.29, 1.82) is 0 Å². The van der Waals surface area contributed by atoms with Gasteiger partial charge in [0.15, 0.2) is 0 Å². The Balaban J connectivity index is 1.86. The summed E-state index contributed by atoms with van der Waals surface area (Å²) < 4.78 is 0. The van der Waals surface area contributed by atoms with Crippen LogP contribution in [0, 0.1) is 11.8 Å². The van der Waals surface area contributed by atoms with Gasteiger partial charge in [0.25, 0.3) is 5.91 Å². The minimum absolute atomic E-state index is 0.0787. The van der Waals surface area contributed by atoms with Gasteiger partial charge in [-0.25, -0.2) is 0 Å². The van der Waals surface area contributed by atoms with Crippen LogP contribution in [0.5, 0.6) is 0 Å². The van der Waals surface area contributed by atoms with Crippen molar-refractivity contribution in [3.63, 3.8) is 0 Å². The van der Waals surface area contributed by atoms with E-state index in [-0.39, 0.29) is 30.2 Å². The van der Waals surface area contributed by atoms with Crippen molar-refractivity contribution >= 4 is 40.9 Å². The van der Waals surface area contributed by atoms with Crippen LogP contribution in [0.1, 0.15) is 38.7 Å². The van der Waals surface area contributed by atoms with E-state index in [1.807, 2.05) is 13.8 Å². The molecule has 4 amide bonds. The minimum atomic E-state index is -1.28. The van der Waals surface area contributed by atoms with Gasteiger partial charge >= 0.3 is 0 Å². The first-order valence-corrected chi connectivity index (χ1v) is 10.2. The molecule has 154 valence electrons. The quantitative estimate of drug-likeness (QED) is 0.585. The number of carbonyl (C=O) groups is 4. The number of hydrogen-bond acceptors (Lipinski definition) is 4. The predicted molar refractivity (Wildman–Crippen MR) is 104 cm³/mol. The van der Waals surface area contributed by atoms with Crippen LogP contribution in [0.4, 0.5) is 5.69 Å². The summed E-state index contributed by atoms with van der Waals surface area (Å²) in [5.41, 5.74) is 5.14. The first-order chi connectivity index (χ1) is 13.7. The lowest BCUT2D eigenvalue weighted by Gasteiger charge is -2.28. The van der Waals surface area contributed by atoms with Crippen LogP contribution in [0.25, 0.3) is 0 Å². The van der Waals surface area contributed by atoms with E-state index in [0.717, 1.165) is 0 Å². The molecule has 1 spiro atoms. The van der Waals surface area contributed by atoms with E-state index in [9.17, 15) is 19.2 Å². The molecule has 4 rings (SSSR count). The molecular weight excluding hydrogens is 396 g/mol. The average molecular weight is 420 g/mol. The monoisotopic (exact) mass is 419 g/mol. The van der Waals surface area contributed by atoms with Crippen LogP contribution >= 0.6 is 11.6 Å². The molecule has 8 nitrogen and oxygen atoms in total. The first kappa shape index (κ1) is 19.8. The Hall–Kier alpha value is -2.45. The number of nitrogens with zero attached hydrogens (tertiary/aromatic N) is 1. The van der Waals surface area contributed by atoms with Gasteiger partial charge in [0.05, 0.1) is 10.7 Å². The summed E-state index contributed by atoms with van der Waals surface area (Å²) in [6.45, 7) is 3.73. The zero-order valence-corrected chi connectivity index (χ0v) is 17.0. The Kier molecular flexibility index (Phi) is 4.66. The molecule has 0 radical (unpaired) electrons. The fraction of sp³-hybridized carbons (Fsp3) is 0.500. The molecule has 3 heterocycles. The van der Waals surface area contributed by atoms with Crippen molar-refractivity contribution in [3.8, 4) is 0 Å². The smallest absolute Gasteiger partial charge is 0.291 e. The van der Waals surface area contributed by atoms with Crippen molar-refractivity contribution in [2.45, 2.75) is 50.7 Å². The summed E-state index contributed by atoms with van der Waals surface area (Å²) in [6.07, 6.45) is 1.01. The zero-order chi connectivity index (χ0) is 21.1. The fourth-order valence-corrected chi connectivity index (χ4v) is 5.39. The highest BCUT2D eigenvalue weighted by Crippen LogP contribution is 2.51.